The Morgan fingerprint density at radius 1 is 1.44 bits per heavy atom. The molecule has 0 atom stereocenters. The first-order valence-electron chi connectivity index (χ1n) is 4.78. The summed E-state index contributed by atoms with van der Waals surface area (Å²) in [5.41, 5.74) is 0.745. The fourth-order valence-corrected chi connectivity index (χ4v) is 2.26. The van der Waals surface area contributed by atoms with Crippen molar-refractivity contribution in [2.45, 2.75) is 6.54 Å². The van der Waals surface area contributed by atoms with Crippen LogP contribution >= 0.6 is 39.1 Å². The van der Waals surface area contributed by atoms with Crippen LogP contribution in [-0.4, -0.2) is 14.7 Å². The van der Waals surface area contributed by atoms with E-state index in [1.165, 1.54) is 10.9 Å². The summed E-state index contributed by atoms with van der Waals surface area (Å²) in [6.45, 7) is 0.311. The van der Waals surface area contributed by atoms with Gasteiger partial charge in [-0.05, 0) is 44.6 Å². The van der Waals surface area contributed by atoms with Crippen LogP contribution in [0.1, 0.15) is 5.56 Å². The molecule has 18 heavy (non-hydrogen) atoms. The van der Waals surface area contributed by atoms with Crippen LogP contribution in [0.4, 0.5) is 5.82 Å². The standard InChI is InChI=1S/C10H6BrCl2N3O2/c11-8-5-15(14-10(8)16(17)18)4-6-3-7(12)1-2-9(6)13/h1-3,5H,4H2. The lowest BCUT2D eigenvalue weighted by molar-refractivity contribution is -0.390. The van der Waals surface area contributed by atoms with Crippen molar-refractivity contribution in [3.8, 4) is 0 Å². The highest BCUT2D eigenvalue weighted by Gasteiger charge is 2.19. The maximum atomic E-state index is 10.7. The van der Waals surface area contributed by atoms with Crippen molar-refractivity contribution in [1.29, 1.82) is 0 Å². The molecule has 5 nitrogen and oxygen atoms in total. The quantitative estimate of drug-likeness (QED) is 0.622. The number of benzene rings is 1. The number of nitrogens with zero attached hydrogens (tertiary/aromatic N) is 3. The highest BCUT2D eigenvalue weighted by atomic mass is 79.9. The summed E-state index contributed by atoms with van der Waals surface area (Å²) in [6.07, 6.45) is 1.52. The second kappa shape index (κ2) is 5.26. The lowest BCUT2D eigenvalue weighted by Crippen LogP contribution is -2.01. The molecule has 0 saturated carbocycles. The smallest absolute Gasteiger partial charge is 0.358 e. The molecular weight excluding hydrogens is 345 g/mol. The van der Waals surface area contributed by atoms with Crippen LogP contribution in [0, 0.1) is 10.1 Å². The van der Waals surface area contributed by atoms with Crippen molar-refractivity contribution in [2.75, 3.05) is 0 Å². The van der Waals surface area contributed by atoms with Crippen molar-refractivity contribution in [1.82, 2.24) is 9.78 Å². The third kappa shape index (κ3) is 2.82. The zero-order chi connectivity index (χ0) is 13.3. The number of hydrogen-bond donors (Lipinski definition) is 0. The van der Waals surface area contributed by atoms with E-state index in [2.05, 4.69) is 21.0 Å². The third-order valence-electron chi connectivity index (χ3n) is 2.21. The van der Waals surface area contributed by atoms with Gasteiger partial charge in [-0.25, -0.2) is 0 Å². The van der Waals surface area contributed by atoms with Gasteiger partial charge in [0.25, 0.3) is 0 Å². The monoisotopic (exact) mass is 349 g/mol. The van der Waals surface area contributed by atoms with Crippen LogP contribution < -0.4 is 0 Å². The van der Waals surface area contributed by atoms with Crippen molar-refractivity contribution in [2.24, 2.45) is 0 Å². The Morgan fingerprint density at radius 3 is 2.78 bits per heavy atom. The third-order valence-corrected chi connectivity index (χ3v) is 3.38. The molecule has 2 rings (SSSR count). The molecule has 1 aromatic heterocycles. The molecule has 0 aliphatic rings. The first-order chi connectivity index (χ1) is 8.47. The summed E-state index contributed by atoms with van der Waals surface area (Å²) in [7, 11) is 0. The Labute approximate surface area is 121 Å². The van der Waals surface area contributed by atoms with E-state index in [-0.39, 0.29) is 5.82 Å². The Balaban J connectivity index is 2.31. The number of halogens is 3. The molecule has 0 saturated heterocycles. The van der Waals surface area contributed by atoms with Gasteiger partial charge in [0.2, 0.25) is 0 Å². The fourth-order valence-electron chi connectivity index (χ4n) is 1.43. The van der Waals surface area contributed by atoms with Gasteiger partial charge in [-0.15, -0.1) is 0 Å². The van der Waals surface area contributed by atoms with E-state index in [9.17, 15) is 10.1 Å². The SMILES string of the molecule is O=[N+]([O-])c1nn(Cc2cc(Cl)ccc2Cl)cc1Br. The fraction of sp³-hybridized carbons (Fsp3) is 0.100. The molecule has 2 aromatic rings. The Kier molecular flexibility index (Phi) is 3.89. The molecule has 0 radical (unpaired) electrons. The highest BCUT2D eigenvalue weighted by Crippen LogP contribution is 2.25. The van der Waals surface area contributed by atoms with Gasteiger partial charge in [0, 0.05) is 10.0 Å². The molecular formula is C10H6BrCl2N3O2. The van der Waals surface area contributed by atoms with E-state index >= 15 is 0 Å². The van der Waals surface area contributed by atoms with Gasteiger partial charge >= 0.3 is 5.82 Å². The van der Waals surface area contributed by atoms with Gasteiger partial charge in [-0.3, -0.25) is 0 Å². The van der Waals surface area contributed by atoms with Crippen LogP contribution in [0.15, 0.2) is 28.9 Å². The molecule has 0 bridgehead atoms. The lowest BCUT2D eigenvalue weighted by atomic mass is 10.2. The number of hydrogen-bond acceptors (Lipinski definition) is 3. The number of rotatable bonds is 3. The number of aromatic nitrogens is 2. The topological polar surface area (TPSA) is 61.0 Å². The lowest BCUT2D eigenvalue weighted by Gasteiger charge is -2.02. The zero-order valence-corrected chi connectivity index (χ0v) is 11.9. The Bertz CT molecular complexity index is 615. The minimum Gasteiger partial charge on any atom is -0.358 e. The minimum atomic E-state index is -0.555. The van der Waals surface area contributed by atoms with Gasteiger partial charge in [0.1, 0.15) is 4.47 Å². The minimum absolute atomic E-state index is 0.229. The van der Waals surface area contributed by atoms with Crippen LogP contribution in [0.2, 0.25) is 10.0 Å². The summed E-state index contributed by atoms with van der Waals surface area (Å²) in [4.78, 5) is 10.1. The molecule has 0 N–H and O–H groups in total. The number of nitro groups is 1. The zero-order valence-electron chi connectivity index (χ0n) is 8.81. The van der Waals surface area contributed by atoms with Gasteiger partial charge in [-0.2, -0.15) is 4.68 Å². The maximum Gasteiger partial charge on any atom is 0.404 e. The maximum absolute atomic E-state index is 10.7. The summed E-state index contributed by atoms with van der Waals surface area (Å²) in [5.74, 6) is -0.229. The second-order valence-electron chi connectivity index (χ2n) is 3.49. The molecule has 1 heterocycles. The summed E-state index contributed by atoms with van der Waals surface area (Å²) < 4.78 is 1.75. The van der Waals surface area contributed by atoms with Crippen LogP contribution in [0.5, 0.6) is 0 Å². The van der Waals surface area contributed by atoms with Gasteiger partial charge < -0.3 is 10.1 Å². The van der Waals surface area contributed by atoms with E-state index in [0.29, 0.717) is 21.1 Å². The molecule has 0 amide bonds. The molecule has 0 aliphatic carbocycles. The van der Waals surface area contributed by atoms with Crippen molar-refractivity contribution < 1.29 is 4.92 Å². The summed E-state index contributed by atoms with van der Waals surface area (Å²) >= 11 is 15.0. The van der Waals surface area contributed by atoms with E-state index in [4.69, 9.17) is 23.2 Å². The van der Waals surface area contributed by atoms with E-state index in [1.807, 2.05) is 0 Å². The van der Waals surface area contributed by atoms with Gasteiger partial charge in [0.05, 0.1) is 17.8 Å². The molecule has 0 spiro atoms. The Hall–Kier alpha value is -1.11. The first kappa shape index (κ1) is 13.3. The van der Waals surface area contributed by atoms with Crippen LogP contribution in [0.3, 0.4) is 0 Å². The van der Waals surface area contributed by atoms with Crippen molar-refractivity contribution in [3.05, 3.63) is 54.6 Å². The predicted octanol–water partition coefficient (Wildman–Crippen LogP) is 3.91. The summed E-state index contributed by atoms with van der Waals surface area (Å²) in [5, 5.41) is 15.6. The van der Waals surface area contributed by atoms with Crippen LogP contribution in [-0.2, 0) is 6.54 Å². The summed E-state index contributed by atoms with van der Waals surface area (Å²) in [6, 6.07) is 5.05. The highest BCUT2D eigenvalue weighted by molar-refractivity contribution is 9.10. The van der Waals surface area contributed by atoms with E-state index in [0.717, 1.165) is 5.56 Å². The second-order valence-corrected chi connectivity index (χ2v) is 5.19. The van der Waals surface area contributed by atoms with Crippen LogP contribution in [0.25, 0.3) is 0 Å². The molecule has 94 valence electrons. The largest absolute Gasteiger partial charge is 0.404 e. The molecule has 0 unspecified atom stereocenters. The van der Waals surface area contributed by atoms with E-state index < -0.39 is 4.92 Å². The molecule has 1 aromatic carbocycles. The molecule has 0 aliphatic heterocycles. The molecule has 8 heteroatoms. The van der Waals surface area contributed by atoms with Gasteiger partial charge in [0.15, 0.2) is 0 Å². The first-order valence-corrected chi connectivity index (χ1v) is 6.33. The van der Waals surface area contributed by atoms with Crippen molar-refractivity contribution >= 4 is 44.9 Å². The van der Waals surface area contributed by atoms with E-state index in [1.54, 1.807) is 18.2 Å². The van der Waals surface area contributed by atoms with Crippen molar-refractivity contribution in [3.63, 3.8) is 0 Å². The molecule has 0 fully saturated rings. The predicted molar refractivity (Wildman–Crippen MR) is 72.1 cm³/mol. The average Bonchev–Trinajstić information content (AvgIpc) is 2.65. The Morgan fingerprint density at radius 2 is 2.17 bits per heavy atom. The van der Waals surface area contributed by atoms with Gasteiger partial charge in [-0.1, -0.05) is 23.2 Å². The normalized spacial score (nSPS) is 10.6. The average molecular weight is 351 g/mol.